The molecule has 4 N–H and O–H groups in total. The third kappa shape index (κ3) is 3.86. The molecule has 0 aromatic carbocycles. The van der Waals surface area contributed by atoms with Crippen LogP contribution >= 0.6 is 0 Å². The molecule has 2 heterocycles. The summed E-state index contributed by atoms with van der Waals surface area (Å²) in [6.07, 6.45) is 3.43. The molecule has 2 aromatic rings. The second-order valence-electron chi connectivity index (χ2n) is 3.72. The minimum atomic E-state index is 0.327. The first-order valence-electron chi connectivity index (χ1n) is 5.73. The van der Waals surface area contributed by atoms with Crippen LogP contribution in [0.15, 0.2) is 18.5 Å². The van der Waals surface area contributed by atoms with Gasteiger partial charge >= 0.3 is 0 Å². The number of hydrazine groups is 1. The van der Waals surface area contributed by atoms with Crippen LogP contribution in [-0.2, 0) is 17.9 Å². The molecular weight excluding hydrogens is 248 g/mol. The van der Waals surface area contributed by atoms with Crippen LogP contribution in [-0.4, -0.2) is 38.6 Å². The Balaban J connectivity index is 1.96. The number of ether oxygens (including phenoxy) is 1. The second-order valence-corrected chi connectivity index (χ2v) is 3.72. The van der Waals surface area contributed by atoms with Crippen LogP contribution in [0, 0.1) is 0 Å². The van der Waals surface area contributed by atoms with Crippen molar-refractivity contribution in [3.8, 4) is 0 Å². The molecular formula is C10H16N8O. The fraction of sp³-hybridized carbons (Fsp3) is 0.400. The lowest BCUT2D eigenvalue weighted by Gasteiger charge is -2.09. The number of rotatable bonds is 7. The van der Waals surface area contributed by atoms with Gasteiger partial charge in [0.15, 0.2) is 5.82 Å². The van der Waals surface area contributed by atoms with Gasteiger partial charge < -0.3 is 15.5 Å². The van der Waals surface area contributed by atoms with Gasteiger partial charge in [0.1, 0.15) is 18.2 Å². The van der Waals surface area contributed by atoms with Crippen molar-refractivity contribution >= 4 is 11.6 Å². The maximum atomic E-state index is 5.36. The van der Waals surface area contributed by atoms with Crippen LogP contribution in [0.3, 0.4) is 0 Å². The molecule has 0 saturated heterocycles. The summed E-state index contributed by atoms with van der Waals surface area (Å²) in [6, 6.07) is 1.72. The Kier molecular flexibility index (Phi) is 4.59. The standard InChI is InChI=1S/C10H16N8O/c1-19-7-10-14-8(6-9(15-10)16-11)12-2-4-18-5-3-13-17-18/h3,5-6H,2,4,7,11H2,1H3,(H2,12,14,15,16). The summed E-state index contributed by atoms with van der Waals surface area (Å²) < 4.78 is 6.73. The number of methoxy groups -OCH3 is 1. The highest BCUT2D eigenvalue weighted by Crippen LogP contribution is 2.10. The fourth-order valence-corrected chi connectivity index (χ4v) is 1.51. The predicted octanol–water partition coefficient (Wildman–Crippen LogP) is -0.388. The minimum Gasteiger partial charge on any atom is -0.377 e. The number of aromatic nitrogens is 5. The van der Waals surface area contributed by atoms with E-state index >= 15 is 0 Å². The zero-order valence-electron chi connectivity index (χ0n) is 10.6. The van der Waals surface area contributed by atoms with Gasteiger partial charge in [-0.2, -0.15) is 0 Å². The first-order chi connectivity index (χ1) is 9.31. The van der Waals surface area contributed by atoms with E-state index < -0.39 is 0 Å². The Hall–Kier alpha value is -2.26. The highest BCUT2D eigenvalue weighted by molar-refractivity contribution is 5.46. The van der Waals surface area contributed by atoms with Crippen LogP contribution < -0.4 is 16.6 Å². The van der Waals surface area contributed by atoms with Crippen molar-refractivity contribution in [2.75, 3.05) is 24.4 Å². The molecule has 0 fully saturated rings. The van der Waals surface area contributed by atoms with Crippen molar-refractivity contribution < 1.29 is 4.74 Å². The molecule has 102 valence electrons. The Bertz CT molecular complexity index is 500. The third-order valence-corrected chi connectivity index (χ3v) is 2.31. The van der Waals surface area contributed by atoms with Crippen LogP contribution in [0.2, 0.25) is 0 Å². The van der Waals surface area contributed by atoms with E-state index in [9.17, 15) is 0 Å². The molecule has 0 spiro atoms. The first-order valence-corrected chi connectivity index (χ1v) is 5.73. The fourth-order valence-electron chi connectivity index (χ4n) is 1.51. The summed E-state index contributed by atoms with van der Waals surface area (Å²) >= 11 is 0. The summed E-state index contributed by atoms with van der Waals surface area (Å²) in [6.45, 7) is 1.68. The van der Waals surface area contributed by atoms with Gasteiger partial charge in [-0.05, 0) is 0 Å². The van der Waals surface area contributed by atoms with Crippen molar-refractivity contribution in [3.63, 3.8) is 0 Å². The second kappa shape index (κ2) is 6.61. The summed E-state index contributed by atoms with van der Waals surface area (Å²) in [5.41, 5.74) is 2.50. The summed E-state index contributed by atoms with van der Waals surface area (Å²) in [5.74, 6) is 7.12. The van der Waals surface area contributed by atoms with Gasteiger partial charge in [-0.25, -0.2) is 15.8 Å². The zero-order chi connectivity index (χ0) is 13.5. The maximum absolute atomic E-state index is 5.36. The largest absolute Gasteiger partial charge is 0.377 e. The number of nitrogens with zero attached hydrogens (tertiary/aromatic N) is 5. The van der Waals surface area contributed by atoms with Crippen LogP contribution in [0.1, 0.15) is 5.82 Å². The molecule has 9 nitrogen and oxygen atoms in total. The van der Waals surface area contributed by atoms with Crippen molar-refractivity contribution in [2.45, 2.75) is 13.2 Å². The number of nitrogens with two attached hydrogens (primary N) is 1. The lowest BCUT2D eigenvalue weighted by atomic mass is 10.4. The van der Waals surface area contributed by atoms with Crippen molar-refractivity contribution in [2.24, 2.45) is 5.84 Å². The molecule has 0 aliphatic carbocycles. The van der Waals surface area contributed by atoms with Crippen LogP contribution in [0.5, 0.6) is 0 Å². The van der Waals surface area contributed by atoms with E-state index in [4.69, 9.17) is 10.6 Å². The Morgan fingerprint density at radius 2 is 2.21 bits per heavy atom. The monoisotopic (exact) mass is 264 g/mol. The van der Waals surface area contributed by atoms with Crippen LogP contribution in [0.4, 0.5) is 11.6 Å². The number of nitrogens with one attached hydrogen (secondary N) is 2. The van der Waals surface area contributed by atoms with Gasteiger partial charge in [0, 0.05) is 25.9 Å². The normalized spacial score (nSPS) is 10.4. The molecule has 0 saturated carbocycles. The average Bonchev–Trinajstić information content (AvgIpc) is 2.92. The molecule has 0 radical (unpaired) electrons. The van der Waals surface area contributed by atoms with Gasteiger partial charge in [-0.15, -0.1) is 5.10 Å². The van der Waals surface area contributed by atoms with E-state index in [1.165, 1.54) is 0 Å². The molecule has 0 aliphatic rings. The average molecular weight is 264 g/mol. The molecule has 0 aliphatic heterocycles. The number of anilines is 2. The van der Waals surface area contributed by atoms with E-state index in [-0.39, 0.29) is 0 Å². The van der Waals surface area contributed by atoms with Gasteiger partial charge in [0.05, 0.1) is 12.7 Å². The summed E-state index contributed by atoms with van der Waals surface area (Å²) in [5, 5.41) is 10.8. The van der Waals surface area contributed by atoms with Crippen LogP contribution in [0.25, 0.3) is 0 Å². The number of hydrogen-bond acceptors (Lipinski definition) is 8. The molecule has 19 heavy (non-hydrogen) atoms. The van der Waals surface area contributed by atoms with E-state index in [1.54, 1.807) is 30.3 Å². The van der Waals surface area contributed by atoms with Crippen molar-refractivity contribution in [1.29, 1.82) is 0 Å². The molecule has 2 aromatic heterocycles. The van der Waals surface area contributed by atoms with E-state index in [0.29, 0.717) is 37.2 Å². The smallest absolute Gasteiger partial charge is 0.158 e. The van der Waals surface area contributed by atoms with Gasteiger partial charge in [-0.3, -0.25) is 4.68 Å². The first kappa shape index (κ1) is 13.2. The van der Waals surface area contributed by atoms with E-state index in [1.807, 2.05) is 0 Å². The van der Waals surface area contributed by atoms with Crippen molar-refractivity contribution in [1.82, 2.24) is 25.0 Å². The Morgan fingerprint density at radius 3 is 2.89 bits per heavy atom. The van der Waals surface area contributed by atoms with E-state index in [0.717, 1.165) is 0 Å². The van der Waals surface area contributed by atoms with Gasteiger partial charge in [-0.1, -0.05) is 5.21 Å². The minimum absolute atomic E-state index is 0.327. The lowest BCUT2D eigenvalue weighted by molar-refractivity contribution is 0.178. The molecule has 0 unspecified atom stereocenters. The number of hydrogen-bond donors (Lipinski definition) is 3. The van der Waals surface area contributed by atoms with Gasteiger partial charge in [0.2, 0.25) is 0 Å². The topological polar surface area (TPSA) is 116 Å². The quantitative estimate of drug-likeness (QED) is 0.457. The molecule has 0 atom stereocenters. The Labute approximate surface area is 110 Å². The molecule has 9 heteroatoms. The Morgan fingerprint density at radius 1 is 1.37 bits per heavy atom. The predicted molar refractivity (Wildman–Crippen MR) is 69.1 cm³/mol. The SMILES string of the molecule is COCc1nc(NN)cc(NCCn2ccnn2)n1. The lowest BCUT2D eigenvalue weighted by Crippen LogP contribution is -2.15. The van der Waals surface area contributed by atoms with Gasteiger partial charge in [0.25, 0.3) is 0 Å². The zero-order valence-corrected chi connectivity index (χ0v) is 10.6. The summed E-state index contributed by atoms with van der Waals surface area (Å²) in [4.78, 5) is 8.46. The number of nitrogen functional groups attached to an aromatic ring is 1. The molecule has 0 amide bonds. The highest BCUT2D eigenvalue weighted by Gasteiger charge is 2.03. The molecule has 0 bridgehead atoms. The van der Waals surface area contributed by atoms with E-state index in [2.05, 4.69) is 31.0 Å². The maximum Gasteiger partial charge on any atom is 0.158 e. The summed E-state index contributed by atoms with van der Waals surface area (Å²) in [7, 11) is 1.59. The highest BCUT2D eigenvalue weighted by atomic mass is 16.5. The third-order valence-electron chi connectivity index (χ3n) is 2.31. The van der Waals surface area contributed by atoms with Crippen molar-refractivity contribution in [3.05, 3.63) is 24.3 Å². The molecule has 2 rings (SSSR count).